The SMILES string of the molecule is O=C(COC(=O)c1ccc(Br)c([N+](=O)[O-])c1)NC(=O)c1ccccc1. The van der Waals surface area contributed by atoms with E-state index in [0.717, 1.165) is 6.07 Å². The number of hydrogen-bond donors (Lipinski definition) is 1. The number of halogens is 1. The van der Waals surface area contributed by atoms with Gasteiger partial charge in [-0.15, -0.1) is 0 Å². The predicted octanol–water partition coefficient (Wildman–Crippen LogP) is 2.47. The number of carbonyl (C=O) groups excluding carboxylic acids is 3. The highest BCUT2D eigenvalue weighted by molar-refractivity contribution is 9.10. The summed E-state index contributed by atoms with van der Waals surface area (Å²) in [6, 6.07) is 11.7. The molecule has 0 heterocycles. The molecule has 2 aromatic carbocycles. The zero-order valence-electron chi connectivity index (χ0n) is 12.6. The van der Waals surface area contributed by atoms with E-state index in [1.165, 1.54) is 24.3 Å². The third kappa shape index (κ3) is 4.95. The number of ether oxygens (including phenoxy) is 1. The van der Waals surface area contributed by atoms with Crippen LogP contribution in [0.1, 0.15) is 20.7 Å². The number of hydrogen-bond acceptors (Lipinski definition) is 6. The van der Waals surface area contributed by atoms with Crippen molar-refractivity contribution < 1.29 is 24.0 Å². The molecule has 8 nitrogen and oxygen atoms in total. The van der Waals surface area contributed by atoms with Gasteiger partial charge in [0.25, 0.3) is 17.5 Å². The maximum absolute atomic E-state index is 11.9. The van der Waals surface area contributed by atoms with Gasteiger partial charge in [0.15, 0.2) is 6.61 Å². The first kappa shape index (κ1) is 18.3. The number of benzene rings is 2. The summed E-state index contributed by atoms with van der Waals surface area (Å²) in [6.45, 7) is -0.693. The Labute approximate surface area is 150 Å². The van der Waals surface area contributed by atoms with E-state index < -0.39 is 29.3 Å². The van der Waals surface area contributed by atoms with Crippen molar-refractivity contribution in [3.8, 4) is 0 Å². The third-order valence-electron chi connectivity index (χ3n) is 3.00. The first-order chi connectivity index (χ1) is 11.9. The summed E-state index contributed by atoms with van der Waals surface area (Å²) in [5, 5.41) is 12.9. The number of amides is 2. The van der Waals surface area contributed by atoms with E-state index in [0.29, 0.717) is 0 Å². The molecule has 0 aliphatic heterocycles. The Morgan fingerprint density at radius 1 is 1.08 bits per heavy atom. The standard InChI is InChI=1S/C16H11BrN2O6/c17-12-7-6-11(8-13(12)19(23)24)16(22)25-9-14(20)18-15(21)10-4-2-1-3-5-10/h1-8H,9H2,(H,18,20,21). The molecule has 0 aliphatic carbocycles. The van der Waals surface area contributed by atoms with Gasteiger partial charge in [0.05, 0.1) is 15.0 Å². The van der Waals surface area contributed by atoms with Crippen molar-refractivity contribution in [3.05, 3.63) is 74.2 Å². The van der Waals surface area contributed by atoms with E-state index in [1.54, 1.807) is 18.2 Å². The zero-order chi connectivity index (χ0) is 18.4. The first-order valence-electron chi connectivity index (χ1n) is 6.89. The fourth-order valence-corrected chi connectivity index (χ4v) is 2.21. The van der Waals surface area contributed by atoms with Crippen molar-refractivity contribution in [2.45, 2.75) is 0 Å². The Kier molecular flexibility index (Phi) is 5.96. The maximum Gasteiger partial charge on any atom is 0.338 e. The number of nitro benzene ring substituents is 1. The summed E-state index contributed by atoms with van der Waals surface area (Å²) in [5.74, 6) is -2.35. The van der Waals surface area contributed by atoms with Crippen molar-refractivity contribution in [2.24, 2.45) is 0 Å². The Bertz CT molecular complexity index is 838. The summed E-state index contributed by atoms with van der Waals surface area (Å²) in [7, 11) is 0. The number of nitrogens with zero attached hydrogens (tertiary/aromatic N) is 1. The quantitative estimate of drug-likeness (QED) is 0.463. The van der Waals surface area contributed by atoms with Gasteiger partial charge in [-0.05, 0) is 40.2 Å². The molecule has 25 heavy (non-hydrogen) atoms. The monoisotopic (exact) mass is 406 g/mol. The molecule has 2 amide bonds. The van der Waals surface area contributed by atoms with Gasteiger partial charge in [0, 0.05) is 11.6 Å². The van der Waals surface area contributed by atoms with Gasteiger partial charge in [0.1, 0.15) is 0 Å². The van der Waals surface area contributed by atoms with Crippen molar-refractivity contribution in [3.63, 3.8) is 0 Å². The van der Waals surface area contributed by atoms with E-state index in [1.807, 2.05) is 0 Å². The molecule has 0 aromatic heterocycles. The van der Waals surface area contributed by atoms with Crippen LogP contribution < -0.4 is 5.32 Å². The smallest absolute Gasteiger partial charge is 0.338 e. The lowest BCUT2D eigenvalue weighted by atomic mass is 10.2. The average Bonchev–Trinajstić information content (AvgIpc) is 2.60. The lowest BCUT2D eigenvalue weighted by Crippen LogP contribution is -2.34. The number of nitrogens with one attached hydrogen (secondary N) is 1. The van der Waals surface area contributed by atoms with Crippen molar-refractivity contribution in [1.29, 1.82) is 0 Å². The predicted molar refractivity (Wildman–Crippen MR) is 90.0 cm³/mol. The zero-order valence-corrected chi connectivity index (χ0v) is 14.2. The summed E-state index contributed by atoms with van der Waals surface area (Å²) in [6.07, 6.45) is 0. The van der Waals surface area contributed by atoms with Gasteiger partial charge < -0.3 is 4.74 Å². The van der Waals surface area contributed by atoms with Crippen molar-refractivity contribution in [2.75, 3.05) is 6.61 Å². The van der Waals surface area contributed by atoms with Gasteiger partial charge in [0.2, 0.25) is 0 Å². The lowest BCUT2D eigenvalue weighted by Gasteiger charge is -2.06. The largest absolute Gasteiger partial charge is 0.452 e. The molecule has 0 spiro atoms. The van der Waals surface area contributed by atoms with Gasteiger partial charge in [-0.3, -0.25) is 25.0 Å². The van der Waals surface area contributed by atoms with Crippen LogP contribution in [-0.2, 0) is 9.53 Å². The highest BCUT2D eigenvalue weighted by Gasteiger charge is 2.18. The fourth-order valence-electron chi connectivity index (χ4n) is 1.82. The Morgan fingerprint density at radius 2 is 1.76 bits per heavy atom. The molecule has 9 heteroatoms. The van der Waals surface area contributed by atoms with Gasteiger partial charge in [-0.2, -0.15) is 0 Å². The molecule has 0 unspecified atom stereocenters. The molecule has 0 fully saturated rings. The molecule has 0 atom stereocenters. The molecular formula is C16H11BrN2O6. The lowest BCUT2D eigenvalue weighted by molar-refractivity contribution is -0.385. The highest BCUT2D eigenvalue weighted by Crippen LogP contribution is 2.25. The van der Waals surface area contributed by atoms with Crippen molar-refractivity contribution in [1.82, 2.24) is 5.32 Å². The minimum absolute atomic E-state index is 0.0860. The number of nitro groups is 1. The minimum Gasteiger partial charge on any atom is -0.452 e. The maximum atomic E-state index is 11.9. The number of rotatable bonds is 5. The van der Waals surface area contributed by atoms with Crippen LogP contribution in [0, 0.1) is 10.1 Å². The van der Waals surface area contributed by atoms with E-state index in [-0.39, 0.29) is 21.3 Å². The van der Waals surface area contributed by atoms with Gasteiger partial charge in [-0.25, -0.2) is 4.79 Å². The van der Waals surface area contributed by atoms with Crippen LogP contribution in [0.25, 0.3) is 0 Å². The molecule has 0 saturated heterocycles. The van der Waals surface area contributed by atoms with Gasteiger partial charge >= 0.3 is 5.97 Å². The molecule has 0 saturated carbocycles. The minimum atomic E-state index is -0.919. The molecule has 0 bridgehead atoms. The van der Waals surface area contributed by atoms with Crippen molar-refractivity contribution >= 4 is 39.4 Å². The van der Waals surface area contributed by atoms with Gasteiger partial charge in [-0.1, -0.05) is 18.2 Å². The molecule has 0 radical (unpaired) electrons. The van der Waals surface area contributed by atoms with Crippen LogP contribution in [0.5, 0.6) is 0 Å². The van der Waals surface area contributed by atoms with E-state index >= 15 is 0 Å². The van der Waals surface area contributed by atoms with Crippen LogP contribution >= 0.6 is 15.9 Å². The average molecular weight is 407 g/mol. The summed E-state index contributed by atoms with van der Waals surface area (Å²) < 4.78 is 4.97. The highest BCUT2D eigenvalue weighted by atomic mass is 79.9. The van der Waals surface area contributed by atoms with E-state index in [9.17, 15) is 24.5 Å². The summed E-state index contributed by atoms with van der Waals surface area (Å²) in [4.78, 5) is 45.5. The van der Waals surface area contributed by atoms with Crippen LogP contribution in [0.2, 0.25) is 0 Å². The topological polar surface area (TPSA) is 116 Å². The second-order valence-corrected chi connectivity index (χ2v) is 5.60. The Balaban J connectivity index is 1.93. The number of imide groups is 1. The summed E-state index contributed by atoms with van der Waals surface area (Å²) >= 11 is 3.00. The van der Waals surface area contributed by atoms with Crippen LogP contribution in [0.15, 0.2) is 53.0 Å². The van der Waals surface area contributed by atoms with E-state index in [4.69, 9.17) is 4.74 Å². The summed E-state index contributed by atoms with van der Waals surface area (Å²) in [5.41, 5.74) is -0.110. The first-order valence-corrected chi connectivity index (χ1v) is 7.68. The van der Waals surface area contributed by atoms with Crippen LogP contribution in [-0.4, -0.2) is 29.3 Å². The van der Waals surface area contributed by atoms with Crippen LogP contribution in [0.3, 0.4) is 0 Å². The Hall–Kier alpha value is -3.07. The number of esters is 1. The molecule has 128 valence electrons. The normalized spacial score (nSPS) is 9.96. The van der Waals surface area contributed by atoms with E-state index in [2.05, 4.69) is 21.2 Å². The molecule has 0 aliphatic rings. The second-order valence-electron chi connectivity index (χ2n) is 4.74. The Morgan fingerprint density at radius 3 is 2.40 bits per heavy atom. The van der Waals surface area contributed by atoms with Crippen LogP contribution in [0.4, 0.5) is 5.69 Å². The molecule has 1 N–H and O–H groups in total. The molecular weight excluding hydrogens is 396 g/mol. The molecule has 2 aromatic rings. The fraction of sp³-hybridized carbons (Fsp3) is 0.0625. The third-order valence-corrected chi connectivity index (χ3v) is 3.67. The molecule has 2 rings (SSSR count). The second kappa shape index (κ2) is 8.15. The number of carbonyl (C=O) groups is 3.